The van der Waals surface area contributed by atoms with E-state index in [0.717, 1.165) is 55.2 Å². The first-order chi connectivity index (χ1) is 19.9. The van der Waals surface area contributed by atoms with Crippen molar-refractivity contribution in [2.45, 2.75) is 44.4 Å². The first-order valence-corrected chi connectivity index (χ1v) is 14.2. The molecule has 0 saturated heterocycles. The van der Waals surface area contributed by atoms with E-state index in [1.807, 2.05) is 60.7 Å². The lowest BCUT2D eigenvalue weighted by Gasteiger charge is -2.53. The molecule has 8 heteroatoms. The fraction of sp³-hybridized carbons (Fsp3) is 0.303. The number of aromatic nitrogens is 2. The van der Waals surface area contributed by atoms with Crippen LogP contribution in [0.4, 0.5) is 11.5 Å². The molecule has 4 aromatic rings. The molecule has 2 aromatic heterocycles. The Kier molecular flexibility index (Phi) is 7.32. The highest BCUT2D eigenvalue weighted by Gasteiger charge is 2.48. The number of pyridine rings is 1. The van der Waals surface area contributed by atoms with Crippen molar-refractivity contribution in [3.63, 3.8) is 0 Å². The summed E-state index contributed by atoms with van der Waals surface area (Å²) in [6.07, 6.45) is 5.12. The van der Waals surface area contributed by atoms with Crippen molar-refractivity contribution in [3.05, 3.63) is 113 Å². The predicted molar refractivity (Wildman–Crippen MR) is 160 cm³/mol. The smallest absolute Gasteiger partial charge is 0.268 e. The summed E-state index contributed by atoms with van der Waals surface area (Å²) in [5.74, 6) is 0.767. The lowest BCUT2D eigenvalue weighted by molar-refractivity contribution is -0.0217. The van der Waals surface area contributed by atoms with Crippen LogP contribution in [-0.2, 0) is 25.2 Å². The Balaban J connectivity index is 1.10. The molecule has 1 aliphatic heterocycles. The number of carbonyl (C=O) groups excluding carboxylic acids is 2. The Morgan fingerprint density at radius 2 is 1.66 bits per heavy atom. The van der Waals surface area contributed by atoms with E-state index in [1.165, 1.54) is 17.7 Å². The highest BCUT2D eigenvalue weighted by molar-refractivity contribution is 5.94. The molecule has 41 heavy (non-hydrogen) atoms. The van der Waals surface area contributed by atoms with E-state index in [0.29, 0.717) is 12.1 Å². The summed E-state index contributed by atoms with van der Waals surface area (Å²) in [6, 6.07) is 25.9. The Morgan fingerprint density at radius 1 is 0.902 bits per heavy atom. The summed E-state index contributed by atoms with van der Waals surface area (Å²) in [6.45, 7) is 2.95. The van der Waals surface area contributed by atoms with E-state index in [-0.39, 0.29) is 17.4 Å². The molecule has 0 atom stereocenters. The van der Waals surface area contributed by atoms with Crippen LogP contribution in [0.25, 0.3) is 0 Å². The molecule has 3 heterocycles. The zero-order chi connectivity index (χ0) is 28.4. The number of nitrogens with zero attached hydrogens (tertiary/aromatic N) is 4. The quantitative estimate of drug-likeness (QED) is 0.318. The van der Waals surface area contributed by atoms with Gasteiger partial charge in [0, 0.05) is 63.4 Å². The van der Waals surface area contributed by atoms with Crippen molar-refractivity contribution < 1.29 is 9.59 Å². The Labute approximate surface area is 241 Å². The fourth-order valence-corrected chi connectivity index (χ4v) is 6.02. The maximum Gasteiger partial charge on any atom is 0.268 e. The second-order valence-corrected chi connectivity index (χ2v) is 11.2. The van der Waals surface area contributed by atoms with Crippen molar-refractivity contribution in [2.24, 2.45) is 0 Å². The van der Waals surface area contributed by atoms with Gasteiger partial charge in [-0.1, -0.05) is 30.3 Å². The van der Waals surface area contributed by atoms with Gasteiger partial charge in [-0.05, 0) is 78.9 Å². The van der Waals surface area contributed by atoms with Crippen LogP contribution in [0.3, 0.4) is 0 Å². The van der Waals surface area contributed by atoms with Crippen molar-refractivity contribution in [2.75, 3.05) is 26.0 Å². The molecule has 6 rings (SSSR count). The van der Waals surface area contributed by atoms with Crippen LogP contribution in [0, 0.1) is 0 Å². The molecule has 0 bridgehead atoms. The van der Waals surface area contributed by atoms with Crippen LogP contribution in [-0.4, -0.2) is 51.8 Å². The number of fused-ring (bicyclic) bond motifs is 2. The van der Waals surface area contributed by atoms with E-state index < -0.39 is 0 Å². The first-order valence-electron chi connectivity index (χ1n) is 14.2. The molecule has 1 saturated carbocycles. The number of nitrogens with one attached hydrogen (secondary N) is 2. The summed E-state index contributed by atoms with van der Waals surface area (Å²) in [5.41, 5.74) is 5.83. The predicted octanol–water partition coefficient (Wildman–Crippen LogP) is 5.15. The van der Waals surface area contributed by atoms with Crippen LogP contribution >= 0.6 is 0 Å². The molecule has 2 aromatic carbocycles. The zero-order valence-electron chi connectivity index (χ0n) is 23.6. The van der Waals surface area contributed by atoms with Crippen molar-refractivity contribution in [3.8, 4) is 0 Å². The van der Waals surface area contributed by atoms with Crippen LogP contribution in [0.5, 0.6) is 0 Å². The van der Waals surface area contributed by atoms with E-state index in [1.54, 1.807) is 25.2 Å². The Bertz CT molecular complexity index is 1520. The number of amides is 2. The average molecular weight is 549 g/mol. The molecule has 0 unspecified atom stereocenters. The lowest BCUT2D eigenvalue weighted by Crippen LogP contribution is -2.56. The summed E-state index contributed by atoms with van der Waals surface area (Å²) in [5, 5.41) is 6.40. The van der Waals surface area contributed by atoms with Crippen LogP contribution in [0.2, 0.25) is 0 Å². The van der Waals surface area contributed by atoms with Gasteiger partial charge < -0.3 is 20.1 Å². The first kappa shape index (κ1) is 26.8. The minimum Gasteiger partial charge on any atom is -0.347 e. The number of benzene rings is 2. The van der Waals surface area contributed by atoms with Gasteiger partial charge in [0.05, 0.1) is 5.54 Å². The van der Waals surface area contributed by atoms with Gasteiger partial charge in [-0.25, -0.2) is 4.98 Å². The number of carbonyl (C=O) groups is 2. The van der Waals surface area contributed by atoms with Crippen LogP contribution in [0.1, 0.15) is 56.9 Å². The molecule has 8 nitrogen and oxygen atoms in total. The summed E-state index contributed by atoms with van der Waals surface area (Å²) in [4.78, 5) is 34.0. The van der Waals surface area contributed by atoms with Gasteiger partial charge in [0.15, 0.2) is 0 Å². The maximum absolute atomic E-state index is 13.3. The third-order valence-corrected chi connectivity index (χ3v) is 8.39. The molecular formula is C33H36N6O2. The van der Waals surface area contributed by atoms with E-state index in [4.69, 9.17) is 0 Å². The largest absolute Gasteiger partial charge is 0.347 e. The summed E-state index contributed by atoms with van der Waals surface area (Å²) < 4.78 is 2.23. The van der Waals surface area contributed by atoms with Gasteiger partial charge >= 0.3 is 0 Å². The van der Waals surface area contributed by atoms with Gasteiger partial charge in [-0.15, -0.1) is 0 Å². The van der Waals surface area contributed by atoms with Gasteiger partial charge in [0.25, 0.3) is 11.8 Å². The second-order valence-electron chi connectivity index (χ2n) is 11.2. The van der Waals surface area contributed by atoms with E-state index in [2.05, 4.69) is 43.3 Å². The number of hydrogen-bond donors (Lipinski definition) is 2. The fourth-order valence-electron chi connectivity index (χ4n) is 6.02. The van der Waals surface area contributed by atoms with Crippen molar-refractivity contribution >= 4 is 23.3 Å². The van der Waals surface area contributed by atoms with Crippen LogP contribution in [0.15, 0.2) is 85.1 Å². The molecule has 2 N–H and O–H groups in total. The lowest BCUT2D eigenvalue weighted by atomic mass is 9.71. The molecular weight excluding hydrogens is 512 g/mol. The number of hydrogen-bond acceptors (Lipinski definition) is 5. The van der Waals surface area contributed by atoms with Gasteiger partial charge in [0.2, 0.25) is 0 Å². The zero-order valence-corrected chi connectivity index (χ0v) is 23.6. The molecule has 2 amide bonds. The third-order valence-electron chi connectivity index (χ3n) is 8.39. The van der Waals surface area contributed by atoms with E-state index >= 15 is 0 Å². The Morgan fingerprint density at radius 3 is 2.32 bits per heavy atom. The molecule has 0 radical (unpaired) electrons. The Hall–Kier alpha value is -4.43. The highest BCUT2D eigenvalue weighted by Crippen LogP contribution is 2.49. The third kappa shape index (κ3) is 5.35. The molecule has 1 spiro atoms. The average Bonchev–Trinajstić information content (AvgIpc) is 3.41. The molecule has 210 valence electrons. The molecule has 1 aliphatic carbocycles. The van der Waals surface area contributed by atoms with Crippen molar-refractivity contribution in [1.29, 1.82) is 0 Å². The van der Waals surface area contributed by atoms with Gasteiger partial charge in [-0.2, -0.15) is 0 Å². The minimum atomic E-state index is -0.0454. The minimum absolute atomic E-state index is 0.0169. The van der Waals surface area contributed by atoms with Crippen molar-refractivity contribution in [1.82, 2.24) is 24.7 Å². The van der Waals surface area contributed by atoms with E-state index in [9.17, 15) is 9.59 Å². The molecule has 1 fully saturated rings. The topological polar surface area (TPSA) is 82.5 Å². The number of anilines is 2. The molecule has 2 aliphatic rings. The standard InChI is InChI=1S/C33H36N6O2/c1-37(2)32(41)26-11-7-25(8-12-26)23-38-20-21-39-28(15-16-29(39)33(38)17-5-18-33)31(40)35-22-24-9-13-27(14-10-24)36-30-6-3-4-19-34-30/h3-4,6-16,19H,5,17-18,20-23H2,1-2H3,(H,34,36)(H,35,40). The normalized spacial score (nSPS) is 15.6. The van der Waals surface area contributed by atoms with Crippen LogP contribution < -0.4 is 10.6 Å². The maximum atomic E-state index is 13.3. The number of rotatable bonds is 8. The monoisotopic (exact) mass is 548 g/mol. The SMILES string of the molecule is CN(C)C(=O)c1ccc(CN2CCn3c(C(=O)NCc4ccc(Nc5ccccn5)cc4)ccc3C23CCC3)cc1. The summed E-state index contributed by atoms with van der Waals surface area (Å²) in [7, 11) is 3.54. The van der Waals surface area contributed by atoms with Gasteiger partial charge in [0.1, 0.15) is 11.5 Å². The second kappa shape index (κ2) is 11.2. The summed E-state index contributed by atoms with van der Waals surface area (Å²) >= 11 is 0. The van der Waals surface area contributed by atoms with Gasteiger partial charge in [-0.3, -0.25) is 14.5 Å². The highest BCUT2D eigenvalue weighted by atomic mass is 16.2.